The average Bonchev–Trinajstić information content (AvgIpc) is 2.97. The summed E-state index contributed by atoms with van der Waals surface area (Å²) in [5.74, 6) is 0. The lowest BCUT2D eigenvalue weighted by molar-refractivity contribution is 0.122. The van der Waals surface area contributed by atoms with E-state index < -0.39 is 0 Å². The van der Waals surface area contributed by atoms with Crippen molar-refractivity contribution in [2.45, 2.75) is 49.4 Å². The lowest BCUT2D eigenvalue weighted by Gasteiger charge is -2.44. The molecular formula is C18H28N2S. The van der Waals surface area contributed by atoms with Crippen molar-refractivity contribution in [3.63, 3.8) is 0 Å². The zero-order chi connectivity index (χ0) is 14.7. The van der Waals surface area contributed by atoms with Gasteiger partial charge in [-0.25, -0.2) is 0 Å². The Hall–Kier alpha value is -0.510. The van der Waals surface area contributed by atoms with Crippen molar-refractivity contribution < 1.29 is 0 Å². The maximum Gasteiger partial charge on any atom is 0.0474 e. The summed E-state index contributed by atoms with van der Waals surface area (Å²) in [6.45, 7) is 5.81. The minimum absolute atomic E-state index is 0.504. The highest BCUT2D eigenvalue weighted by atomic mass is 32.2. The molecule has 3 heteroatoms. The fourth-order valence-corrected chi connectivity index (χ4v) is 4.97. The lowest BCUT2D eigenvalue weighted by atomic mass is 9.98. The molecule has 0 spiro atoms. The fraction of sp³-hybridized carbons (Fsp3) is 0.667. The molecule has 1 saturated carbocycles. The third kappa shape index (κ3) is 3.46. The Morgan fingerprint density at radius 1 is 1.24 bits per heavy atom. The van der Waals surface area contributed by atoms with Gasteiger partial charge in [-0.05, 0) is 31.6 Å². The van der Waals surface area contributed by atoms with Gasteiger partial charge in [0.05, 0.1) is 0 Å². The summed E-state index contributed by atoms with van der Waals surface area (Å²) in [5, 5.41) is 3.67. The van der Waals surface area contributed by atoms with E-state index >= 15 is 0 Å². The van der Waals surface area contributed by atoms with Crippen molar-refractivity contribution in [1.29, 1.82) is 0 Å². The second-order valence-corrected chi connectivity index (χ2v) is 8.03. The van der Waals surface area contributed by atoms with Gasteiger partial charge in [0.25, 0.3) is 0 Å². The van der Waals surface area contributed by atoms with Crippen LogP contribution in [0, 0.1) is 0 Å². The standard InChI is InChI=1S/C18H28N2S/c1-15-13-20(14-18(21-2)10-6-7-11-18)17(12-19-15)16-8-4-3-5-9-16/h3-5,8-9,15,17,19H,6-7,10-14H2,1-2H3. The minimum Gasteiger partial charge on any atom is -0.311 e. The summed E-state index contributed by atoms with van der Waals surface area (Å²) in [4.78, 5) is 2.75. The van der Waals surface area contributed by atoms with Gasteiger partial charge in [-0.15, -0.1) is 0 Å². The molecule has 0 aromatic heterocycles. The molecule has 2 unspecified atom stereocenters. The topological polar surface area (TPSA) is 15.3 Å². The Bertz CT molecular complexity index is 442. The van der Waals surface area contributed by atoms with Crippen LogP contribution < -0.4 is 5.32 Å². The first-order valence-electron chi connectivity index (χ1n) is 8.30. The Kier molecular flexibility index (Phi) is 4.92. The second-order valence-electron chi connectivity index (χ2n) is 6.76. The molecule has 2 nitrogen and oxygen atoms in total. The summed E-state index contributed by atoms with van der Waals surface area (Å²) in [7, 11) is 0. The zero-order valence-electron chi connectivity index (χ0n) is 13.3. The van der Waals surface area contributed by atoms with Crippen molar-refractivity contribution in [2.75, 3.05) is 25.9 Å². The lowest BCUT2D eigenvalue weighted by Crippen LogP contribution is -2.54. The quantitative estimate of drug-likeness (QED) is 0.913. The first-order chi connectivity index (χ1) is 10.2. The molecule has 1 aliphatic carbocycles. The van der Waals surface area contributed by atoms with Gasteiger partial charge in [0.1, 0.15) is 0 Å². The van der Waals surface area contributed by atoms with E-state index in [1.807, 2.05) is 0 Å². The zero-order valence-corrected chi connectivity index (χ0v) is 14.2. The summed E-state index contributed by atoms with van der Waals surface area (Å²) >= 11 is 2.11. The third-order valence-corrected chi connectivity index (χ3v) is 6.64. The van der Waals surface area contributed by atoms with Gasteiger partial charge >= 0.3 is 0 Å². The number of thioether (sulfide) groups is 1. The van der Waals surface area contributed by atoms with E-state index in [1.54, 1.807) is 0 Å². The molecule has 3 rings (SSSR count). The first-order valence-corrected chi connectivity index (χ1v) is 9.52. The maximum atomic E-state index is 3.67. The van der Waals surface area contributed by atoms with Crippen molar-refractivity contribution in [1.82, 2.24) is 10.2 Å². The molecule has 2 atom stereocenters. The Morgan fingerprint density at radius 3 is 2.62 bits per heavy atom. The van der Waals surface area contributed by atoms with Gasteiger partial charge < -0.3 is 5.32 Å². The minimum atomic E-state index is 0.504. The number of nitrogens with zero attached hydrogens (tertiary/aromatic N) is 1. The molecule has 116 valence electrons. The number of benzene rings is 1. The largest absolute Gasteiger partial charge is 0.311 e. The van der Waals surface area contributed by atoms with Crippen LogP contribution in [-0.4, -0.2) is 41.6 Å². The van der Waals surface area contributed by atoms with Crippen LogP contribution in [0.15, 0.2) is 30.3 Å². The van der Waals surface area contributed by atoms with Crippen molar-refractivity contribution >= 4 is 11.8 Å². The van der Waals surface area contributed by atoms with Gasteiger partial charge in [0.2, 0.25) is 0 Å². The van der Waals surface area contributed by atoms with Crippen molar-refractivity contribution in [2.24, 2.45) is 0 Å². The third-order valence-electron chi connectivity index (χ3n) is 5.23. The van der Waals surface area contributed by atoms with E-state index in [1.165, 1.54) is 44.3 Å². The predicted molar refractivity (Wildman–Crippen MR) is 92.9 cm³/mol. The monoisotopic (exact) mass is 304 g/mol. The van der Waals surface area contributed by atoms with Gasteiger partial charge in [-0.1, -0.05) is 43.2 Å². The molecular weight excluding hydrogens is 276 g/mol. The summed E-state index contributed by atoms with van der Waals surface area (Å²) in [6.07, 6.45) is 7.94. The van der Waals surface area contributed by atoms with E-state index in [-0.39, 0.29) is 0 Å². The van der Waals surface area contributed by atoms with Crippen LogP contribution in [-0.2, 0) is 0 Å². The molecule has 2 fully saturated rings. The van der Waals surface area contributed by atoms with E-state index in [0.29, 0.717) is 16.8 Å². The molecule has 1 heterocycles. The summed E-state index contributed by atoms with van der Waals surface area (Å²) in [5.41, 5.74) is 1.46. The van der Waals surface area contributed by atoms with E-state index in [9.17, 15) is 0 Å². The van der Waals surface area contributed by atoms with E-state index in [4.69, 9.17) is 0 Å². The highest BCUT2D eigenvalue weighted by Gasteiger charge is 2.38. The van der Waals surface area contributed by atoms with Crippen LogP contribution in [0.2, 0.25) is 0 Å². The van der Waals surface area contributed by atoms with Crippen LogP contribution >= 0.6 is 11.8 Å². The SMILES string of the molecule is CSC1(CN2CC(C)NCC2c2ccccc2)CCCC1. The molecule has 0 bridgehead atoms. The predicted octanol–water partition coefficient (Wildman–Crippen LogP) is 3.70. The summed E-state index contributed by atoms with van der Waals surface area (Å²) in [6, 6.07) is 12.2. The van der Waals surface area contributed by atoms with E-state index in [2.05, 4.69) is 65.5 Å². The van der Waals surface area contributed by atoms with Crippen molar-refractivity contribution in [3.8, 4) is 0 Å². The normalized spacial score (nSPS) is 29.6. The summed E-state index contributed by atoms with van der Waals surface area (Å²) < 4.78 is 0.504. The molecule has 1 saturated heterocycles. The van der Waals surface area contributed by atoms with Crippen LogP contribution in [0.4, 0.5) is 0 Å². The van der Waals surface area contributed by atoms with Crippen LogP contribution in [0.5, 0.6) is 0 Å². The van der Waals surface area contributed by atoms with Crippen molar-refractivity contribution in [3.05, 3.63) is 35.9 Å². The number of hydrogen-bond donors (Lipinski definition) is 1. The average molecular weight is 305 g/mol. The molecule has 1 aromatic rings. The van der Waals surface area contributed by atoms with E-state index in [0.717, 1.165) is 6.54 Å². The van der Waals surface area contributed by atoms with Crippen LogP contribution in [0.25, 0.3) is 0 Å². The van der Waals surface area contributed by atoms with Crippen LogP contribution in [0.1, 0.15) is 44.2 Å². The first kappa shape index (κ1) is 15.4. The number of rotatable bonds is 4. The molecule has 21 heavy (non-hydrogen) atoms. The van der Waals surface area contributed by atoms with Gasteiger partial charge in [0.15, 0.2) is 0 Å². The van der Waals surface area contributed by atoms with Crippen LogP contribution in [0.3, 0.4) is 0 Å². The number of nitrogens with one attached hydrogen (secondary N) is 1. The number of hydrogen-bond acceptors (Lipinski definition) is 3. The molecule has 1 aromatic carbocycles. The van der Waals surface area contributed by atoms with Gasteiger partial charge in [-0.3, -0.25) is 4.90 Å². The smallest absolute Gasteiger partial charge is 0.0474 e. The second kappa shape index (κ2) is 6.72. The highest BCUT2D eigenvalue weighted by Crippen LogP contribution is 2.42. The fourth-order valence-electron chi connectivity index (χ4n) is 3.98. The number of piperazine rings is 1. The molecule has 1 aliphatic heterocycles. The van der Waals surface area contributed by atoms with Gasteiger partial charge in [0, 0.05) is 36.5 Å². The Labute approximate surface area is 133 Å². The highest BCUT2D eigenvalue weighted by molar-refractivity contribution is 8.00. The molecule has 2 aliphatic rings. The Balaban J connectivity index is 1.78. The van der Waals surface area contributed by atoms with Gasteiger partial charge in [-0.2, -0.15) is 11.8 Å². The molecule has 1 N–H and O–H groups in total. The molecule has 0 amide bonds. The molecule has 0 radical (unpaired) electrons. The Morgan fingerprint density at radius 2 is 1.95 bits per heavy atom. The maximum absolute atomic E-state index is 3.67.